The Kier molecular flexibility index (Phi) is 3.97. The zero-order chi connectivity index (χ0) is 15.5. The van der Waals surface area contributed by atoms with Crippen LogP contribution < -0.4 is 4.90 Å². The molecule has 3 aromatic heterocycles. The van der Waals surface area contributed by atoms with Crippen LogP contribution in [0.4, 0.5) is 5.82 Å². The normalized spacial score (nSPS) is 12.5. The molecule has 0 aliphatic heterocycles. The van der Waals surface area contributed by atoms with Crippen molar-refractivity contribution in [2.24, 2.45) is 0 Å². The Morgan fingerprint density at radius 1 is 1.27 bits per heavy atom. The minimum absolute atomic E-state index is 0.0821. The van der Waals surface area contributed by atoms with E-state index < -0.39 is 0 Å². The molecule has 0 radical (unpaired) electrons. The lowest BCUT2D eigenvalue weighted by atomic mass is 10.1. The third kappa shape index (κ3) is 2.62. The van der Waals surface area contributed by atoms with Gasteiger partial charge in [0.2, 0.25) is 0 Å². The van der Waals surface area contributed by atoms with E-state index in [2.05, 4.69) is 19.9 Å². The second kappa shape index (κ2) is 6.07. The monoisotopic (exact) mass is 299 g/mol. The summed E-state index contributed by atoms with van der Waals surface area (Å²) in [6.45, 7) is 2.27. The number of nitrogens with zero attached hydrogens (tertiary/aromatic N) is 5. The van der Waals surface area contributed by atoms with E-state index in [4.69, 9.17) is 9.15 Å². The lowest BCUT2D eigenvalue weighted by Crippen LogP contribution is -2.29. The number of methoxy groups -OCH3 is 1. The minimum atomic E-state index is -0.0821. The average Bonchev–Trinajstić information content (AvgIpc) is 2.93. The van der Waals surface area contributed by atoms with E-state index in [1.165, 1.54) is 6.33 Å². The maximum atomic E-state index is 5.47. The van der Waals surface area contributed by atoms with Crippen LogP contribution in [0.5, 0.6) is 0 Å². The first kappa shape index (κ1) is 14.4. The van der Waals surface area contributed by atoms with Gasteiger partial charge in [-0.25, -0.2) is 9.97 Å². The van der Waals surface area contributed by atoms with Crippen LogP contribution in [0.15, 0.2) is 35.1 Å². The van der Waals surface area contributed by atoms with E-state index in [1.807, 2.05) is 30.1 Å². The Balaban J connectivity index is 2.04. The molecule has 0 spiro atoms. The zero-order valence-electron chi connectivity index (χ0n) is 12.7. The van der Waals surface area contributed by atoms with Crippen molar-refractivity contribution in [2.45, 2.75) is 13.0 Å². The molecule has 0 saturated carbocycles. The van der Waals surface area contributed by atoms with E-state index in [-0.39, 0.29) is 6.04 Å². The number of rotatable bonds is 5. The summed E-state index contributed by atoms with van der Waals surface area (Å²) in [7, 11) is 3.60. The molecule has 22 heavy (non-hydrogen) atoms. The Bertz CT molecular complexity index is 759. The summed E-state index contributed by atoms with van der Waals surface area (Å²) in [5.41, 5.74) is 2.02. The molecule has 114 valence electrons. The molecule has 1 atom stereocenters. The number of ether oxygens (including phenoxy) is 1. The fourth-order valence-corrected chi connectivity index (χ4v) is 2.38. The van der Waals surface area contributed by atoms with Gasteiger partial charge in [0, 0.05) is 27.3 Å². The number of hydrogen-bond donors (Lipinski definition) is 0. The van der Waals surface area contributed by atoms with Crippen LogP contribution in [0, 0.1) is 6.92 Å². The van der Waals surface area contributed by atoms with Crippen molar-refractivity contribution < 1.29 is 9.15 Å². The van der Waals surface area contributed by atoms with Crippen molar-refractivity contribution in [1.82, 2.24) is 19.9 Å². The van der Waals surface area contributed by atoms with Crippen molar-refractivity contribution in [3.05, 3.63) is 42.3 Å². The smallest absolute Gasteiger partial charge is 0.252 e. The summed E-state index contributed by atoms with van der Waals surface area (Å²) in [5, 5.41) is 0. The molecule has 3 heterocycles. The van der Waals surface area contributed by atoms with Gasteiger partial charge in [-0.3, -0.25) is 4.98 Å². The molecule has 0 saturated heterocycles. The molecule has 7 heteroatoms. The van der Waals surface area contributed by atoms with Crippen molar-refractivity contribution in [3.63, 3.8) is 0 Å². The first-order chi connectivity index (χ1) is 10.7. The van der Waals surface area contributed by atoms with Gasteiger partial charge in [0.25, 0.3) is 5.71 Å². The van der Waals surface area contributed by atoms with Crippen LogP contribution in [0.1, 0.15) is 17.6 Å². The molecule has 0 bridgehead atoms. The van der Waals surface area contributed by atoms with Crippen LogP contribution in [0.2, 0.25) is 0 Å². The van der Waals surface area contributed by atoms with Gasteiger partial charge >= 0.3 is 0 Å². The number of hydrogen-bond acceptors (Lipinski definition) is 7. The van der Waals surface area contributed by atoms with Crippen molar-refractivity contribution in [1.29, 1.82) is 0 Å². The Labute approximate surface area is 128 Å². The van der Waals surface area contributed by atoms with Crippen molar-refractivity contribution >= 4 is 17.0 Å². The van der Waals surface area contributed by atoms with Crippen molar-refractivity contribution in [3.8, 4) is 0 Å². The summed E-state index contributed by atoms with van der Waals surface area (Å²) in [4.78, 5) is 19.2. The largest absolute Gasteiger partial charge is 0.422 e. The summed E-state index contributed by atoms with van der Waals surface area (Å²) in [5.74, 6) is 1.25. The summed E-state index contributed by atoms with van der Waals surface area (Å²) in [6, 6.07) is 5.72. The number of aryl methyl sites for hydroxylation is 1. The molecule has 0 aromatic carbocycles. The molecule has 0 fully saturated rings. The third-order valence-electron chi connectivity index (χ3n) is 3.44. The van der Waals surface area contributed by atoms with Gasteiger partial charge in [0.15, 0.2) is 17.2 Å². The van der Waals surface area contributed by atoms with Gasteiger partial charge in [-0.1, -0.05) is 6.07 Å². The van der Waals surface area contributed by atoms with E-state index in [1.54, 1.807) is 20.2 Å². The minimum Gasteiger partial charge on any atom is -0.422 e. The van der Waals surface area contributed by atoms with Crippen molar-refractivity contribution in [2.75, 3.05) is 25.7 Å². The predicted molar refractivity (Wildman–Crippen MR) is 81.6 cm³/mol. The van der Waals surface area contributed by atoms with Gasteiger partial charge in [-0.15, -0.1) is 0 Å². The Morgan fingerprint density at radius 3 is 2.86 bits per heavy atom. The van der Waals surface area contributed by atoms with E-state index in [0.717, 1.165) is 5.69 Å². The highest BCUT2D eigenvalue weighted by molar-refractivity contribution is 5.81. The number of oxazole rings is 1. The van der Waals surface area contributed by atoms with Crippen LogP contribution in [-0.2, 0) is 4.74 Å². The van der Waals surface area contributed by atoms with E-state index >= 15 is 0 Å². The summed E-state index contributed by atoms with van der Waals surface area (Å²) < 4.78 is 10.8. The van der Waals surface area contributed by atoms with Gasteiger partial charge in [0.05, 0.1) is 18.3 Å². The lowest BCUT2D eigenvalue weighted by molar-refractivity contribution is 0.177. The second-order valence-electron chi connectivity index (χ2n) is 4.92. The fraction of sp³-hybridized carbons (Fsp3) is 0.333. The molecule has 7 nitrogen and oxygen atoms in total. The molecule has 0 aliphatic rings. The number of pyridine rings is 1. The standard InChI is InChI=1S/C15H17N5O2/c1-10-19-13-14(17-9-18-15(13)22-10)20(2)12(8-21-3)11-6-4-5-7-16-11/h4-7,9,12H,8H2,1-3H3/t12-/m0/s1. The van der Waals surface area contributed by atoms with Gasteiger partial charge in [-0.2, -0.15) is 4.98 Å². The predicted octanol–water partition coefficient (Wildman–Crippen LogP) is 2.15. The van der Waals surface area contributed by atoms with Gasteiger partial charge < -0.3 is 14.1 Å². The molecule has 0 N–H and O–H groups in total. The second-order valence-corrected chi connectivity index (χ2v) is 4.92. The highest BCUT2D eigenvalue weighted by Gasteiger charge is 2.23. The van der Waals surface area contributed by atoms with Gasteiger partial charge in [-0.05, 0) is 12.1 Å². The quantitative estimate of drug-likeness (QED) is 0.714. The maximum Gasteiger partial charge on any atom is 0.252 e. The third-order valence-corrected chi connectivity index (χ3v) is 3.44. The number of likely N-dealkylation sites (N-methyl/N-ethyl adjacent to an activating group) is 1. The van der Waals surface area contributed by atoms with Crippen LogP contribution >= 0.6 is 0 Å². The highest BCUT2D eigenvalue weighted by atomic mass is 16.5. The SMILES string of the molecule is COC[C@@H](c1ccccn1)N(C)c1ncnc2oc(C)nc12. The number of fused-ring (bicyclic) bond motifs is 1. The molecule has 3 rings (SSSR count). The lowest BCUT2D eigenvalue weighted by Gasteiger charge is -2.27. The maximum absolute atomic E-state index is 5.47. The average molecular weight is 299 g/mol. The Hall–Kier alpha value is -2.54. The zero-order valence-corrected chi connectivity index (χ0v) is 12.7. The molecule has 0 unspecified atom stereocenters. The topological polar surface area (TPSA) is 77.2 Å². The van der Waals surface area contributed by atoms with Gasteiger partial charge in [0.1, 0.15) is 6.33 Å². The fourth-order valence-electron chi connectivity index (χ4n) is 2.38. The number of anilines is 1. The summed E-state index contributed by atoms with van der Waals surface area (Å²) in [6.07, 6.45) is 3.24. The van der Waals surface area contributed by atoms with Crippen LogP contribution in [-0.4, -0.2) is 40.7 Å². The molecular weight excluding hydrogens is 282 g/mol. The Morgan fingerprint density at radius 2 is 2.14 bits per heavy atom. The van der Waals surface area contributed by atoms with E-state index in [0.29, 0.717) is 29.5 Å². The molecule has 0 amide bonds. The van der Waals surface area contributed by atoms with Crippen LogP contribution in [0.3, 0.4) is 0 Å². The highest BCUT2D eigenvalue weighted by Crippen LogP contribution is 2.28. The first-order valence-corrected chi connectivity index (χ1v) is 6.91. The summed E-state index contributed by atoms with van der Waals surface area (Å²) >= 11 is 0. The number of aromatic nitrogens is 4. The van der Waals surface area contributed by atoms with E-state index in [9.17, 15) is 0 Å². The molecule has 0 aliphatic carbocycles. The molecular formula is C15H17N5O2. The molecule has 3 aromatic rings. The van der Waals surface area contributed by atoms with Crippen LogP contribution in [0.25, 0.3) is 11.2 Å². The first-order valence-electron chi connectivity index (χ1n) is 6.91.